The lowest BCUT2D eigenvalue weighted by Gasteiger charge is -2.35. The van der Waals surface area contributed by atoms with Crippen molar-refractivity contribution >= 4 is 12.2 Å². The Bertz CT molecular complexity index is 1360. The highest BCUT2D eigenvalue weighted by atomic mass is 16.5. The number of nitrogens with zero attached hydrogens (tertiary/aromatic N) is 5. The summed E-state index contributed by atoms with van der Waals surface area (Å²) >= 11 is 0. The summed E-state index contributed by atoms with van der Waals surface area (Å²) in [6, 6.07) is 14.0. The number of rotatable bonds is 7. The Hall–Kier alpha value is -3.91. The van der Waals surface area contributed by atoms with E-state index in [4.69, 9.17) is 24.3 Å². The van der Waals surface area contributed by atoms with Crippen molar-refractivity contribution in [1.29, 1.82) is 0 Å². The van der Waals surface area contributed by atoms with Gasteiger partial charge in [0.25, 0.3) is 0 Å². The number of aryl methyl sites for hydroxylation is 2. The topological polar surface area (TPSA) is 76.2 Å². The zero-order valence-corrected chi connectivity index (χ0v) is 20.4. The molecule has 0 saturated heterocycles. The van der Waals surface area contributed by atoms with Gasteiger partial charge in [0.1, 0.15) is 11.5 Å². The monoisotopic (exact) mass is 471 g/mol. The minimum absolute atomic E-state index is 0.641. The first-order chi connectivity index (χ1) is 17.1. The van der Waals surface area contributed by atoms with Crippen LogP contribution in [0.15, 0.2) is 55.0 Å². The van der Waals surface area contributed by atoms with Crippen molar-refractivity contribution in [2.75, 3.05) is 21.3 Å². The van der Waals surface area contributed by atoms with Gasteiger partial charge in [0.2, 0.25) is 0 Å². The SMILES string of the molecule is COc1ccc([C@@]2(OC)CCCn3nc(C=Cc4ccc(-n5cnc(C)c5)c(OC)c4)nc32)cc1. The van der Waals surface area contributed by atoms with Crippen LogP contribution in [-0.2, 0) is 16.9 Å². The Morgan fingerprint density at radius 1 is 1.00 bits per heavy atom. The maximum Gasteiger partial charge on any atom is 0.174 e. The van der Waals surface area contributed by atoms with Crippen molar-refractivity contribution in [3.05, 3.63) is 83.5 Å². The number of imidazole rings is 1. The zero-order chi connectivity index (χ0) is 24.4. The molecule has 0 aliphatic carbocycles. The number of aromatic nitrogens is 5. The molecule has 0 spiro atoms. The standard InChI is InChI=1S/C27H29N5O3/c1-19-17-31(18-28-19)23-12-6-20(16-24(23)34-3)7-13-25-29-26-27(35-4,14-5-15-32(26)30-25)21-8-10-22(33-2)11-9-21/h6-13,16-18H,5,14-15H2,1-4H3/t27-/m0/s1. The fourth-order valence-electron chi connectivity index (χ4n) is 4.65. The van der Waals surface area contributed by atoms with Gasteiger partial charge >= 0.3 is 0 Å². The summed E-state index contributed by atoms with van der Waals surface area (Å²) in [6.45, 7) is 2.77. The molecule has 0 fully saturated rings. The Kier molecular flexibility index (Phi) is 6.13. The molecule has 0 amide bonds. The molecule has 8 nitrogen and oxygen atoms in total. The van der Waals surface area contributed by atoms with E-state index in [9.17, 15) is 0 Å². The molecule has 0 radical (unpaired) electrons. The summed E-state index contributed by atoms with van der Waals surface area (Å²) in [5.41, 5.74) is 3.28. The average molecular weight is 472 g/mol. The number of methoxy groups -OCH3 is 3. The van der Waals surface area contributed by atoms with Gasteiger partial charge in [0, 0.05) is 19.9 Å². The van der Waals surface area contributed by atoms with Gasteiger partial charge in [0.15, 0.2) is 17.2 Å². The minimum atomic E-state index is -0.641. The van der Waals surface area contributed by atoms with Gasteiger partial charge in [-0.05, 0) is 61.2 Å². The molecule has 1 aliphatic rings. The summed E-state index contributed by atoms with van der Waals surface area (Å²) in [5, 5.41) is 4.75. The fraction of sp³-hybridized carbons (Fsp3) is 0.296. The van der Waals surface area contributed by atoms with Gasteiger partial charge in [-0.25, -0.2) is 14.6 Å². The normalized spacial score (nSPS) is 17.5. The largest absolute Gasteiger partial charge is 0.497 e. The van der Waals surface area contributed by atoms with Crippen LogP contribution >= 0.6 is 0 Å². The van der Waals surface area contributed by atoms with E-state index in [0.29, 0.717) is 5.82 Å². The predicted octanol–water partition coefficient (Wildman–Crippen LogP) is 4.64. The third kappa shape index (κ3) is 4.21. The number of benzene rings is 2. The van der Waals surface area contributed by atoms with Crippen LogP contribution in [0, 0.1) is 6.92 Å². The second kappa shape index (κ2) is 9.38. The first kappa shape index (κ1) is 22.9. The molecule has 1 atom stereocenters. The summed E-state index contributed by atoms with van der Waals surface area (Å²) in [4.78, 5) is 9.19. The molecule has 0 saturated carbocycles. The van der Waals surface area contributed by atoms with Crippen LogP contribution in [0.1, 0.15) is 41.3 Å². The van der Waals surface area contributed by atoms with Crippen molar-refractivity contribution in [3.63, 3.8) is 0 Å². The first-order valence-corrected chi connectivity index (χ1v) is 11.6. The number of hydrogen-bond donors (Lipinski definition) is 0. The van der Waals surface area contributed by atoms with Gasteiger partial charge < -0.3 is 18.8 Å². The summed E-state index contributed by atoms with van der Waals surface area (Å²) < 4.78 is 21.0. The van der Waals surface area contributed by atoms with E-state index in [0.717, 1.165) is 59.2 Å². The second-order valence-corrected chi connectivity index (χ2v) is 8.57. The number of hydrogen-bond acceptors (Lipinski definition) is 6. The minimum Gasteiger partial charge on any atom is -0.497 e. The Morgan fingerprint density at radius 3 is 2.51 bits per heavy atom. The van der Waals surface area contributed by atoms with Crippen LogP contribution in [0.2, 0.25) is 0 Å². The van der Waals surface area contributed by atoms with Gasteiger partial charge in [-0.15, -0.1) is 0 Å². The van der Waals surface area contributed by atoms with Crippen LogP contribution in [-0.4, -0.2) is 45.6 Å². The second-order valence-electron chi connectivity index (χ2n) is 8.57. The van der Waals surface area contributed by atoms with Gasteiger partial charge in [-0.3, -0.25) is 0 Å². The van der Waals surface area contributed by atoms with E-state index in [1.165, 1.54) is 0 Å². The zero-order valence-electron chi connectivity index (χ0n) is 20.4. The highest BCUT2D eigenvalue weighted by molar-refractivity contribution is 5.69. The van der Waals surface area contributed by atoms with Crippen LogP contribution < -0.4 is 9.47 Å². The molecule has 8 heteroatoms. The maximum absolute atomic E-state index is 6.12. The number of fused-ring (bicyclic) bond motifs is 1. The third-order valence-electron chi connectivity index (χ3n) is 6.47. The van der Waals surface area contributed by atoms with Crippen LogP contribution in [0.4, 0.5) is 0 Å². The van der Waals surface area contributed by atoms with Crippen LogP contribution in [0.5, 0.6) is 11.5 Å². The van der Waals surface area contributed by atoms with E-state index in [-0.39, 0.29) is 0 Å². The quantitative estimate of drug-likeness (QED) is 0.391. The fourth-order valence-corrected chi connectivity index (χ4v) is 4.65. The summed E-state index contributed by atoms with van der Waals surface area (Å²) in [6.07, 6.45) is 9.46. The molecule has 4 aromatic rings. The molecule has 5 rings (SSSR count). The third-order valence-corrected chi connectivity index (χ3v) is 6.47. The maximum atomic E-state index is 6.12. The summed E-state index contributed by atoms with van der Waals surface area (Å²) in [5.74, 6) is 3.04. The molecule has 0 unspecified atom stereocenters. The van der Waals surface area contributed by atoms with Crippen molar-refractivity contribution in [1.82, 2.24) is 24.3 Å². The van der Waals surface area contributed by atoms with Crippen molar-refractivity contribution < 1.29 is 14.2 Å². The Labute approximate surface area is 204 Å². The Morgan fingerprint density at radius 2 is 1.83 bits per heavy atom. The molecular formula is C27H29N5O3. The smallest absolute Gasteiger partial charge is 0.174 e. The van der Waals surface area contributed by atoms with Gasteiger partial charge in [0.05, 0.1) is 31.9 Å². The lowest BCUT2D eigenvalue weighted by Crippen LogP contribution is -2.37. The van der Waals surface area contributed by atoms with E-state index in [1.807, 2.05) is 77.0 Å². The predicted molar refractivity (Wildman–Crippen MR) is 134 cm³/mol. The van der Waals surface area contributed by atoms with Gasteiger partial charge in [-0.1, -0.05) is 24.3 Å². The highest BCUT2D eigenvalue weighted by Crippen LogP contribution is 2.40. The lowest BCUT2D eigenvalue weighted by atomic mass is 9.86. The van der Waals surface area contributed by atoms with E-state index >= 15 is 0 Å². The van der Waals surface area contributed by atoms with E-state index in [2.05, 4.69) is 4.98 Å². The average Bonchev–Trinajstić information content (AvgIpc) is 3.53. The molecule has 180 valence electrons. The Balaban J connectivity index is 1.45. The molecule has 35 heavy (non-hydrogen) atoms. The molecule has 2 aromatic heterocycles. The number of ether oxygens (including phenoxy) is 3. The molecular weight excluding hydrogens is 442 g/mol. The van der Waals surface area contributed by atoms with Crippen LogP contribution in [0.25, 0.3) is 17.8 Å². The molecule has 2 aromatic carbocycles. The van der Waals surface area contributed by atoms with Crippen LogP contribution in [0.3, 0.4) is 0 Å². The summed E-state index contributed by atoms with van der Waals surface area (Å²) in [7, 11) is 5.07. The van der Waals surface area contributed by atoms with Crippen molar-refractivity contribution in [3.8, 4) is 17.2 Å². The molecule has 3 heterocycles. The molecule has 1 aliphatic heterocycles. The van der Waals surface area contributed by atoms with Crippen molar-refractivity contribution in [2.24, 2.45) is 0 Å². The van der Waals surface area contributed by atoms with Gasteiger partial charge in [-0.2, -0.15) is 5.10 Å². The molecule has 0 N–H and O–H groups in total. The van der Waals surface area contributed by atoms with Crippen molar-refractivity contribution in [2.45, 2.75) is 31.9 Å². The molecule has 0 bridgehead atoms. The highest BCUT2D eigenvalue weighted by Gasteiger charge is 2.41. The van der Waals surface area contributed by atoms with E-state index < -0.39 is 5.60 Å². The van der Waals surface area contributed by atoms with E-state index in [1.54, 1.807) is 27.7 Å². The lowest BCUT2D eigenvalue weighted by molar-refractivity contribution is -0.00953. The first-order valence-electron chi connectivity index (χ1n) is 11.6.